The Morgan fingerprint density at radius 3 is 0.738 bits per heavy atom. The highest BCUT2D eigenvalue weighted by Gasteiger charge is 2.30. The number of phosphoric ester groups is 2. The first-order valence-electron chi connectivity index (χ1n) is 43.5. The lowest BCUT2D eigenvalue weighted by atomic mass is 9.99. The molecule has 3 unspecified atom stereocenters. The van der Waals surface area contributed by atoms with Crippen LogP contribution >= 0.6 is 15.6 Å². The Morgan fingerprint density at radius 1 is 0.282 bits per heavy atom. The van der Waals surface area contributed by atoms with E-state index in [0.29, 0.717) is 25.7 Å². The van der Waals surface area contributed by atoms with Crippen LogP contribution in [-0.2, 0) is 65.4 Å². The van der Waals surface area contributed by atoms with Crippen molar-refractivity contribution < 1.29 is 80.2 Å². The second-order valence-electron chi connectivity index (χ2n) is 30.9. The van der Waals surface area contributed by atoms with Crippen molar-refractivity contribution >= 4 is 39.5 Å². The number of rotatable bonds is 83. The first kappa shape index (κ1) is 101. The largest absolute Gasteiger partial charge is 0.472 e. The van der Waals surface area contributed by atoms with Crippen LogP contribution in [0.4, 0.5) is 0 Å². The zero-order valence-electron chi connectivity index (χ0n) is 67.6. The minimum Gasteiger partial charge on any atom is -0.462 e. The summed E-state index contributed by atoms with van der Waals surface area (Å²) >= 11 is 0. The van der Waals surface area contributed by atoms with E-state index in [-0.39, 0.29) is 25.7 Å². The highest BCUT2D eigenvalue weighted by molar-refractivity contribution is 7.47. The summed E-state index contributed by atoms with van der Waals surface area (Å²) in [6.45, 7) is 9.66. The lowest BCUT2D eigenvalue weighted by Gasteiger charge is -2.21. The van der Waals surface area contributed by atoms with E-state index in [4.69, 9.17) is 37.0 Å². The van der Waals surface area contributed by atoms with E-state index >= 15 is 0 Å². The van der Waals surface area contributed by atoms with Crippen LogP contribution in [0.5, 0.6) is 0 Å². The number of aliphatic hydroxyl groups excluding tert-OH is 1. The summed E-state index contributed by atoms with van der Waals surface area (Å²) in [6, 6.07) is 0. The molecule has 17 nitrogen and oxygen atoms in total. The maximum Gasteiger partial charge on any atom is 0.472 e. The van der Waals surface area contributed by atoms with Crippen LogP contribution in [0.1, 0.15) is 446 Å². The SMILES string of the molecule is CCCCCCCCCCCCCCCCCCCCCC(=O)O[C@H](COC(=O)CCCCCCCCCCCCCCCCCCCC)COP(=O)(O)OC[C@@H](O)COP(=O)(O)OC[C@@H](COC(=O)CCCCCCCCCCCC(C)C)OC(=O)CCCCCCCCCCCCC(C)CC. The monoisotopic (exact) mass is 1510 g/mol. The van der Waals surface area contributed by atoms with Gasteiger partial charge in [0.1, 0.15) is 19.3 Å². The zero-order valence-corrected chi connectivity index (χ0v) is 69.4. The molecule has 19 heteroatoms. The fraction of sp³-hybridized carbons (Fsp3) is 0.952. The number of ether oxygens (including phenoxy) is 4. The molecule has 0 radical (unpaired) electrons. The van der Waals surface area contributed by atoms with Gasteiger partial charge in [-0.2, -0.15) is 0 Å². The number of carbonyl (C=O) groups is 4. The van der Waals surface area contributed by atoms with Crippen molar-refractivity contribution in [1.82, 2.24) is 0 Å². The van der Waals surface area contributed by atoms with E-state index in [2.05, 4.69) is 41.5 Å². The molecular formula is C84H164O17P2. The Morgan fingerprint density at radius 2 is 0.495 bits per heavy atom. The van der Waals surface area contributed by atoms with Gasteiger partial charge >= 0.3 is 39.5 Å². The number of hydrogen-bond donors (Lipinski definition) is 3. The smallest absolute Gasteiger partial charge is 0.462 e. The molecular weight excluding hydrogens is 1340 g/mol. The number of esters is 4. The van der Waals surface area contributed by atoms with Crippen LogP contribution in [0.15, 0.2) is 0 Å². The maximum atomic E-state index is 13.1. The highest BCUT2D eigenvalue weighted by atomic mass is 31.2. The van der Waals surface area contributed by atoms with Crippen molar-refractivity contribution in [2.45, 2.75) is 464 Å². The second kappa shape index (κ2) is 75.5. The molecule has 0 aliphatic rings. The molecule has 0 heterocycles. The van der Waals surface area contributed by atoms with Crippen LogP contribution in [0.3, 0.4) is 0 Å². The number of carbonyl (C=O) groups excluding carboxylic acids is 4. The maximum absolute atomic E-state index is 13.1. The Kier molecular flexibility index (Phi) is 74.1. The standard InChI is InChI=1S/C84H164O17P2/c1-7-10-12-14-16-18-20-22-24-26-28-30-32-34-36-43-50-56-62-68-83(88)100-79(72-94-81(86)66-60-54-48-42-35-33-31-29-27-25-23-21-19-17-15-13-11-8-2)74-98-102(90,91)96-70-78(85)71-97-103(92,93)99-75-80(73-95-82(87)67-61-55-49-45-39-40-46-52-58-64-76(4)5)101-84(89)69-63-57-51-44-38-37-41-47-53-59-65-77(6)9-3/h76-80,85H,7-75H2,1-6H3,(H,90,91)(H,92,93)/t77?,78-,79-,80-/m1/s1. The van der Waals surface area contributed by atoms with Crippen molar-refractivity contribution in [3.8, 4) is 0 Å². The lowest BCUT2D eigenvalue weighted by molar-refractivity contribution is -0.161. The van der Waals surface area contributed by atoms with Gasteiger partial charge < -0.3 is 33.8 Å². The van der Waals surface area contributed by atoms with Crippen molar-refractivity contribution in [3.05, 3.63) is 0 Å². The summed E-state index contributed by atoms with van der Waals surface area (Å²) in [4.78, 5) is 73.2. The predicted octanol–water partition coefficient (Wildman–Crippen LogP) is 25.5. The van der Waals surface area contributed by atoms with Gasteiger partial charge in [-0.05, 0) is 37.5 Å². The molecule has 0 fully saturated rings. The van der Waals surface area contributed by atoms with E-state index in [0.717, 1.165) is 102 Å². The summed E-state index contributed by atoms with van der Waals surface area (Å²) in [6.07, 6.45) is 66.6. The molecule has 0 aliphatic heterocycles. The van der Waals surface area contributed by atoms with Gasteiger partial charge in [0.15, 0.2) is 12.2 Å². The summed E-state index contributed by atoms with van der Waals surface area (Å²) in [5.41, 5.74) is 0. The van der Waals surface area contributed by atoms with E-state index in [9.17, 15) is 43.2 Å². The van der Waals surface area contributed by atoms with Gasteiger partial charge in [-0.15, -0.1) is 0 Å². The van der Waals surface area contributed by atoms with E-state index in [1.807, 2.05) is 0 Å². The molecule has 0 aromatic heterocycles. The van der Waals surface area contributed by atoms with Gasteiger partial charge in [0.2, 0.25) is 0 Å². The molecule has 0 aromatic rings. The Bertz CT molecular complexity index is 1980. The van der Waals surface area contributed by atoms with E-state index in [1.54, 1.807) is 0 Å². The molecule has 0 rings (SSSR count). The molecule has 0 bridgehead atoms. The average Bonchev–Trinajstić information content (AvgIpc) is 0.911. The van der Waals surface area contributed by atoms with Crippen LogP contribution in [0, 0.1) is 11.8 Å². The van der Waals surface area contributed by atoms with Gasteiger partial charge in [-0.3, -0.25) is 37.3 Å². The summed E-state index contributed by atoms with van der Waals surface area (Å²) in [5.74, 6) is -0.558. The van der Waals surface area contributed by atoms with Gasteiger partial charge in [0, 0.05) is 25.7 Å². The van der Waals surface area contributed by atoms with E-state index in [1.165, 1.54) is 263 Å². The van der Waals surface area contributed by atoms with Gasteiger partial charge in [-0.25, -0.2) is 9.13 Å². The number of phosphoric acid groups is 2. The third-order valence-electron chi connectivity index (χ3n) is 20.1. The second-order valence-corrected chi connectivity index (χ2v) is 33.8. The molecule has 612 valence electrons. The van der Waals surface area contributed by atoms with Crippen molar-refractivity contribution in [2.75, 3.05) is 39.6 Å². The van der Waals surface area contributed by atoms with Crippen molar-refractivity contribution in [2.24, 2.45) is 11.8 Å². The molecule has 0 saturated heterocycles. The van der Waals surface area contributed by atoms with Crippen LogP contribution in [0.25, 0.3) is 0 Å². The normalized spacial score (nSPS) is 14.1. The summed E-state index contributed by atoms with van der Waals surface area (Å²) in [5, 5.41) is 10.7. The Balaban J connectivity index is 5.26. The zero-order chi connectivity index (χ0) is 75.6. The minimum atomic E-state index is -4.96. The molecule has 0 saturated carbocycles. The molecule has 0 aromatic carbocycles. The van der Waals surface area contributed by atoms with Crippen molar-refractivity contribution in [3.63, 3.8) is 0 Å². The third kappa shape index (κ3) is 76.6. The Labute approximate surface area is 632 Å². The molecule has 103 heavy (non-hydrogen) atoms. The molecule has 0 spiro atoms. The summed E-state index contributed by atoms with van der Waals surface area (Å²) < 4.78 is 68.9. The Hall–Kier alpha value is -1.94. The first-order chi connectivity index (χ1) is 49.9. The van der Waals surface area contributed by atoms with Crippen LogP contribution in [-0.4, -0.2) is 96.7 Å². The highest BCUT2D eigenvalue weighted by Crippen LogP contribution is 2.45. The number of hydrogen-bond acceptors (Lipinski definition) is 15. The molecule has 6 atom stereocenters. The van der Waals surface area contributed by atoms with E-state index < -0.39 is 97.5 Å². The topological polar surface area (TPSA) is 237 Å². The molecule has 0 amide bonds. The van der Waals surface area contributed by atoms with Gasteiger partial charge in [0.25, 0.3) is 0 Å². The average molecular weight is 1510 g/mol. The quantitative estimate of drug-likeness (QED) is 0.0222. The fourth-order valence-corrected chi connectivity index (χ4v) is 14.6. The number of aliphatic hydroxyl groups is 1. The summed E-state index contributed by atoms with van der Waals surface area (Å²) in [7, 11) is -9.93. The lowest BCUT2D eigenvalue weighted by Crippen LogP contribution is -2.30. The molecule has 3 N–H and O–H groups in total. The van der Waals surface area contributed by atoms with Crippen molar-refractivity contribution in [1.29, 1.82) is 0 Å². The first-order valence-corrected chi connectivity index (χ1v) is 46.5. The predicted molar refractivity (Wildman–Crippen MR) is 423 cm³/mol. The fourth-order valence-electron chi connectivity index (χ4n) is 13.0. The number of unbranched alkanes of at least 4 members (excludes halogenated alkanes) is 52. The third-order valence-corrected chi connectivity index (χ3v) is 22.0. The minimum absolute atomic E-state index is 0.106. The molecule has 0 aliphatic carbocycles. The van der Waals surface area contributed by atoms with Crippen LogP contribution < -0.4 is 0 Å². The van der Waals surface area contributed by atoms with Gasteiger partial charge in [0.05, 0.1) is 26.4 Å². The van der Waals surface area contributed by atoms with Gasteiger partial charge in [-0.1, -0.05) is 395 Å². The van der Waals surface area contributed by atoms with Crippen LogP contribution in [0.2, 0.25) is 0 Å².